The minimum Gasteiger partial charge on any atom is -0.318 e. The number of halogens is 2. The van der Waals surface area contributed by atoms with Gasteiger partial charge in [-0.25, -0.2) is 13.8 Å². The molecule has 3 aromatic carbocycles. The number of carbonyl (C=O) groups is 1. The monoisotopic (exact) mass is 568 g/mol. The molecule has 0 saturated carbocycles. The van der Waals surface area contributed by atoms with Gasteiger partial charge in [0.15, 0.2) is 0 Å². The molecule has 0 atom stereocenters. The minimum absolute atomic E-state index is 0.0569. The zero-order chi connectivity index (χ0) is 27.4. The van der Waals surface area contributed by atoms with Crippen LogP contribution in [0.25, 0.3) is 5.69 Å². The van der Waals surface area contributed by atoms with Crippen molar-refractivity contribution >= 4 is 51.0 Å². The van der Waals surface area contributed by atoms with Crippen molar-refractivity contribution in [2.45, 2.75) is 25.7 Å². The second kappa shape index (κ2) is 11.4. The Balaban J connectivity index is 1.56. The molecule has 10 heteroatoms. The molecule has 1 N–H and O–H groups in total. The van der Waals surface area contributed by atoms with Crippen molar-refractivity contribution in [3.05, 3.63) is 111 Å². The molecule has 0 fully saturated rings. The van der Waals surface area contributed by atoms with Crippen LogP contribution in [0.3, 0.4) is 0 Å². The Morgan fingerprint density at radius 1 is 0.974 bits per heavy atom. The molecule has 0 unspecified atom stereocenters. The quantitative estimate of drug-likeness (QED) is 0.207. The van der Waals surface area contributed by atoms with Gasteiger partial charge in [0, 0.05) is 32.7 Å². The first-order valence-corrected chi connectivity index (χ1v) is 13.9. The van der Waals surface area contributed by atoms with Gasteiger partial charge in [0.1, 0.15) is 6.54 Å². The number of amides is 1. The normalized spacial score (nSPS) is 11.6. The van der Waals surface area contributed by atoms with Gasteiger partial charge in [-0.15, -0.1) is 0 Å². The average molecular weight is 570 g/mol. The molecule has 7 nitrogen and oxygen atoms in total. The molecular weight excluding hydrogens is 543 g/mol. The highest BCUT2D eigenvalue weighted by molar-refractivity contribution is 7.92. The predicted molar refractivity (Wildman–Crippen MR) is 153 cm³/mol. The topological polar surface area (TPSA) is 83.8 Å². The maximum Gasteiger partial charge on any atom is 0.264 e. The fourth-order valence-electron chi connectivity index (χ4n) is 4.04. The third-order valence-electron chi connectivity index (χ3n) is 5.99. The smallest absolute Gasteiger partial charge is 0.264 e. The number of aryl methyl sites for hydroxylation is 2. The summed E-state index contributed by atoms with van der Waals surface area (Å²) in [5.41, 5.74) is 7.09. The molecule has 0 spiro atoms. The molecule has 0 aliphatic heterocycles. The Bertz CT molecular complexity index is 1620. The highest BCUT2D eigenvalue weighted by Crippen LogP contribution is 2.28. The molecule has 0 saturated heterocycles. The van der Waals surface area contributed by atoms with Crippen LogP contribution >= 0.6 is 23.2 Å². The summed E-state index contributed by atoms with van der Waals surface area (Å²) < 4.78 is 30.0. The molecule has 0 aliphatic rings. The van der Waals surface area contributed by atoms with Crippen molar-refractivity contribution in [1.82, 2.24) is 9.99 Å². The van der Waals surface area contributed by atoms with Crippen LogP contribution in [0.1, 0.15) is 22.5 Å². The van der Waals surface area contributed by atoms with E-state index in [1.54, 1.807) is 30.3 Å². The Hall–Kier alpha value is -3.59. The first-order valence-electron chi connectivity index (χ1n) is 11.7. The third kappa shape index (κ3) is 5.93. The molecular formula is C28H26Cl2N4O3S. The Kier molecular flexibility index (Phi) is 8.26. The van der Waals surface area contributed by atoms with Gasteiger partial charge in [0.2, 0.25) is 0 Å². The van der Waals surface area contributed by atoms with Crippen LogP contribution in [0.5, 0.6) is 0 Å². The van der Waals surface area contributed by atoms with E-state index < -0.39 is 22.5 Å². The molecule has 0 radical (unpaired) electrons. The van der Waals surface area contributed by atoms with Gasteiger partial charge in [0.05, 0.1) is 16.8 Å². The van der Waals surface area contributed by atoms with Crippen LogP contribution in [-0.2, 0) is 14.8 Å². The lowest BCUT2D eigenvalue weighted by atomic mass is 10.2. The summed E-state index contributed by atoms with van der Waals surface area (Å²) in [6.45, 7) is 5.22. The number of nitrogens with one attached hydrogen (secondary N) is 1. The van der Waals surface area contributed by atoms with Crippen LogP contribution in [0.2, 0.25) is 10.0 Å². The summed E-state index contributed by atoms with van der Waals surface area (Å²) in [6, 6.07) is 22.2. The fourth-order valence-corrected chi connectivity index (χ4v) is 5.84. The predicted octanol–water partition coefficient (Wildman–Crippen LogP) is 6.05. The van der Waals surface area contributed by atoms with Crippen molar-refractivity contribution < 1.29 is 13.2 Å². The van der Waals surface area contributed by atoms with Crippen LogP contribution in [0.4, 0.5) is 5.69 Å². The van der Waals surface area contributed by atoms with Crippen molar-refractivity contribution in [3.63, 3.8) is 0 Å². The van der Waals surface area contributed by atoms with Gasteiger partial charge in [0.25, 0.3) is 15.9 Å². The molecule has 196 valence electrons. The molecule has 4 aromatic rings. The summed E-state index contributed by atoms with van der Waals surface area (Å²) in [4.78, 5) is 12.9. The number of sulfonamides is 1. The number of aromatic nitrogens is 1. The lowest BCUT2D eigenvalue weighted by Gasteiger charge is -2.24. The highest BCUT2D eigenvalue weighted by atomic mass is 35.5. The van der Waals surface area contributed by atoms with Crippen LogP contribution < -0.4 is 9.73 Å². The first-order chi connectivity index (χ1) is 18.1. The van der Waals surface area contributed by atoms with Gasteiger partial charge in [-0.1, -0.05) is 53.5 Å². The van der Waals surface area contributed by atoms with Gasteiger partial charge in [-0.2, -0.15) is 5.10 Å². The third-order valence-corrected chi connectivity index (χ3v) is 8.42. The number of benzene rings is 3. The summed E-state index contributed by atoms with van der Waals surface area (Å²) >= 11 is 12.4. The van der Waals surface area contributed by atoms with E-state index in [0.29, 0.717) is 10.0 Å². The zero-order valence-corrected chi connectivity index (χ0v) is 23.3. The number of carbonyl (C=O) groups excluding carboxylic acids is 1. The van der Waals surface area contributed by atoms with E-state index in [0.717, 1.165) is 32.5 Å². The van der Waals surface area contributed by atoms with E-state index in [-0.39, 0.29) is 10.6 Å². The summed E-state index contributed by atoms with van der Waals surface area (Å²) in [5, 5.41) is 5.11. The largest absolute Gasteiger partial charge is 0.318 e. The SMILES string of the molecule is Cc1ccc(N(CC(=O)N/N=C/c2cc(C)n(-c3cccc(Cl)c3)c2C)S(=O)(=O)c2ccccc2)cc1Cl. The zero-order valence-electron chi connectivity index (χ0n) is 21.0. The Labute approximate surface area is 232 Å². The summed E-state index contributed by atoms with van der Waals surface area (Å²) in [7, 11) is -4.05. The molecule has 0 aliphatic carbocycles. The Morgan fingerprint density at radius 3 is 2.39 bits per heavy atom. The van der Waals surface area contributed by atoms with Gasteiger partial charge in [-0.05, 0) is 74.9 Å². The van der Waals surface area contributed by atoms with Gasteiger partial charge in [-0.3, -0.25) is 9.10 Å². The van der Waals surface area contributed by atoms with Crippen molar-refractivity contribution in [3.8, 4) is 5.69 Å². The number of hydrazone groups is 1. The molecule has 1 amide bonds. The van der Waals surface area contributed by atoms with E-state index >= 15 is 0 Å². The summed E-state index contributed by atoms with van der Waals surface area (Å²) in [6.07, 6.45) is 1.53. The summed E-state index contributed by atoms with van der Waals surface area (Å²) in [5.74, 6) is -0.610. The number of nitrogens with zero attached hydrogens (tertiary/aromatic N) is 3. The van der Waals surface area contributed by atoms with E-state index in [1.807, 2.05) is 55.7 Å². The second-order valence-electron chi connectivity index (χ2n) is 8.69. The standard InChI is InChI=1S/C28H26Cl2N4O3S/c1-19-12-13-24(16-27(19)30)33(38(36,37)26-10-5-4-6-11-26)18-28(35)32-31-17-22-14-20(2)34(21(22)3)25-9-7-8-23(29)15-25/h4-17H,18H2,1-3H3,(H,32,35)/b31-17+. The highest BCUT2D eigenvalue weighted by Gasteiger charge is 2.27. The van der Waals surface area contributed by atoms with Crippen molar-refractivity contribution in [2.24, 2.45) is 5.10 Å². The molecule has 1 heterocycles. The number of rotatable bonds is 8. The maximum atomic E-state index is 13.5. The van der Waals surface area contributed by atoms with E-state index in [9.17, 15) is 13.2 Å². The molecule has 1 aromatic heterocycles. The van der Waals surface area contributed by atoms with Crippen molar-refractivity contribution in [2.75, 3.05) is 10.8 Å². The second-order valence-corrected chi connectivity index (χ2v) is 11.4. The Morgan fingerprint density at radius 2 is 1.71 bits per heavy atom. The van der Waals surface area contributed by atoms with Gasteiger partial charge < -0.3 is 4.57 Å². The number of anilines is 1. The molecule has 38 heavy (non-hydrogen) atoms. The van der Waals surface area contributed by atoms with Crippen LogP contribution in [-0.4, -0.2) is 31.7 Å². The average Bonchev–Trinajstić information content (AvgIpc) is 3.17. The van der Waals surface area contributed by atoms with Crippen LogP contribution in [0, 0.1) is 20.8 Å². The molecule has 0 bridgehead atoms. The maximum absolute atomic E-state index is 13.5. The lowest BCUT2D eigenvalue weighted by Crippen LogP contribution is -2.39. The number of hydrogen-bond acceptors (Lipinski definition) is 4. The minimum atomic E-state index is -4.05. The molecule has 4 rings (SSSR count). The van der Waals surface area contributed by atoms with Gasteiger partial charge >= 0.3 is 0 Å². The van der Waals surface area contributed by atoms with E-state index in [2.05, 4.69) is 10.5 Å². The fraction of sp³-hybridized carbons (Fsp3) is 0.143. The van der Waals surface area contributed by atoms with Crippen molar-refractivity contribution in [1.29, 1.82) is 0 Å². The van der Waals surface area contributed by atoms with E-state index in [1.165, 1.54) is 24.4 Å². The van der Waals surface area contributed by atoms with Crippen LogP contribution in [0.15, 0.2) is 88.9 Å². The number of hydrogen-bond donors (Lipinski definition) is 1. The van der Waals surface area contributed by atoms with E-state index in [4.69, 9.17) is 23.2 Å². The first kappa shape index (κ1) is 27.4. The lowest BCUT2D eigenvalue weighted by molar-refractivity contribution is -0.119.